The molecule has 1 aliphatic heterocycles. The average Bonchev–Trinajstić information content (AvgIpc) is 2.90. The van der Waals surface area contributed by atoms with Crippen molar-refractivity contribution in [3.8, 4) is 0 Å². The van der Waals surface area contributed by atoms with Gasteiger partial charge in [0.25, 0.3) is 0 Å². The first-order valence-corrected chi connectivity index (χ1v) is 7.11. The first-order chi connectivity index (χ1) is 9.69. The van der Waals surface area contributed by atoms with E-state index >= 15 is 0 Å². The molecule has 0 bridgehead atoms. The molecular weight excluding hydrogens is 248 g/mol. The number of hydrogen-bond donors (Lipinski definition) is 1. The third-order valence-electron chi connectivity index (χ3n) is 3.67. The number of fused-ring (bicyclic) bond motifs is 1. The van der Waals surface area contributed by atoms with Gasteiger partial charge in [0.1, 0.15) is 17.5 Å². The van der Waals surface area contributed by atoms with Crippen molar-refractivity contribution in [3.05, 3.63) is 41.7 Å². The van der Waals surface area contributed by atoms with Gasteiger partial charge in [-0.25, -0.2) is 9.97 Å². The lowest BCUT2D eigenvalue weighted by Crippen LogP contribution is -2.17. The fraction of sp³-hybridized carbons (Fsp3) is 0.375. The molecule has 0 saturated carbocycles. The van der Waals surface area contributed by atoms with Crippen LogP contribution in [-0.4, -0.2) is 23.6 Å². The Labute approximate surface area is 119 Å². The molecule has 0 unspecified atom stereocenters. The van der Waals surface area contributed by atoms with E-state index < -0.39 is 0 Å². The summed E-state index contributed by atoms with van der Waals surface area (Å²) in [7, 11) is 1.90. The second kappa shape index (κ2) is 5.12. The van der Waals surface area contributed by atoms with Crippen LogP contribution in [0.15, 0.2) is 30.3 Å². The zero-order chi connectivity index (χ0) is 14.1. The molecule has 3 rings (SSSR count). The van der Waals surface area contributed by atoms with E-state index in [1.807, 2.05) is 13.1 Å². The van der Waals surface area contributed by atoms with Crippen molar-refractivity contribution in [2.45, 2.75) is 26.2 Å². The van der Waals surface area contributed by atoms with E-state index in [0.29, 0.717) is 5.92 Å². The summed E-state index contributed by atoms with van der Waals surface area (Å²) in [6.45, 7) is 5.23. The molecule has 104 valence electrons. The first kappa shape index (κ1) is 12.9. The molecule has 1 aromatic heterocycles. The van der Waals surface area contributed by atoms with Crippen molar-refractivity contribution in [2.75, 3.05) is 23.8 Å². The van der Waals surface area contributed by atoms with Crippen molar-refractivity contribution in [1.82, 2.24) is 9.97 Å². The zero-order valence-corrected chi connectivity index (χ0v) is 12.2. The molecule has 2 aromatic rings. The van der Waals surface area contributed by atoms with Gasteiger partial charge in [-0.05, 0) is 18.1 Å². The fourth-order valence-corrected chi connectivity index (χ4v) is 2.55. The second-order valence-corrected chi connectivity index (χ2v) is 5.40. The predicted molar refractivity (Wildman–Crippen MR) is 82.8 cm³/mol. The number of rotatable bonds is 3. The molecule has 0 aliphatic carbocycles. The van der Waals surface area contributed by atoms with Crippen LogP contribution in [0.4, 0.5) is 17.3 Å². The highest BCUT2D eigenvalue weighted by molar-refractivity contribution is 5.68. The second-order valence-electron chi connectivity index (χ2n) is 5.40. The van der Waals surface area contributed by atoms with Crippen LogP contribution < -0.4 is 10.2 Å². The summed E-state index contributed by atoms with van der Waals surface area (Å²) in [5, 5.41) is 3.13. The third-order valence-corrected chi connectivity index (χ3v) is 3.67. The minimum atomic E-state index is 0.319. The van der Waals surface area contributed by atoms with E-state index in [9.17, 15) is 0 Å². The largest absolute Gasteiger partial charge is 0.373 e. The summed E-state index contributed by atoms with van der Waals surface area (Å²) >= 11 is 0. The number of aromatic nitrogens is 2. The summed E-state index contributed by atoms with van der Waals surface area (Å²) in [4.78, 5) is 11.5. The molecule has 2 heterocycles. The van der Waals surface area contributed by atoms with Crippen LogP contribution in [0.5, 0.6) is 0 Å². The maximum absolute atomic E-state index is 4.74. The molecule has 1 N–H and O–H groups in total. The van der Waals surface area contributed by atoms with Gasteiger partial charge >= 0.3 is 0 Å². The highest BCUT2D eigenvalue weighted by Gasteiger charge is 2.22. The molecule has 1 aliphatic rings. The summed E-state index contributed by atoms with van der Waals surface area (Å²) in [6.07, 6.45) is 1.08. The van der Waals surface area contributed by atoms with Crippen LogP contribution in [-0.2, 0) is 6.42 Å². The van der Waals surface area contributed by atoms with Crippen LogP contribution in [0, 0.1) is 0 Å². The Morgan fingerprint density at radius 2 is 2.00 bits per heavy atom. The number of nitrogens with zero attached hydrogens (tertiary/aromatic N) is 3. The molecule has 0 atom stereocenters. The van der Waals surface area contributed by atoms with Gasteiger partial charge in [-0.3, -0.25) is 0 Å². The molecule has 0 amide bonds. The molecular formula is C16H20N4. The van der Waals surface area contributed by atoms with E-state index in [1.54, 1.807) is 0 Å². The monoisotopic (exact) mass is 268 g/mol. The molecule has 0 saturated heterocycles. The number of anilines is 3. The maximum Gasteiger partial charge on any atom is 0.138 e. The lowest BCUT2D eigenvalue weighted by atomic mass is 10.2. The smallest absolute Gasteiger partial charge is 0.138 e. The van der Waals surface area contributed by atoms with Crippen molar-refractivity contribution in [3.63, 3.8) is 0 Å². The van der Waals surface area contributed by atoms with Gasteiger partial charge in [-0.1, -0.05) is 32.0 Å². The lowest BCUT2D eigenvalue weighted by Gasteiger charge is -2.20. The van der Waals surface area contributed by atoms with E-state index in [4.69, 9.17) is 4.98 Å². The Bertz CT molecular complexity index is 622. The Kier molecular flexibility index (Phi) is 3.30. The van der Waals surface area contributed by atoms with Gasteiger partial charge < -0.3 is 10.2 Å². The van der Waals surface area contributed by atoms with Gasteiger partial charge in [0.15, 0.2) is 0 Å². The lowest BCUT2D eigenvalue weighted by molar-refractivity contribution is 0.771. The van der Waals surface area contributed by atoms with Crippen molar-refractivity contribution < 1.29 is 0 Å². The summed E-state index contributed by atoms with van der Waals surface area (Å²) in [5.74, 6) is 3.07. The molecule has 1 aromatic carbocycles. The molecule has 4 nitrogen and oxygen atoms in total. The number of hydrogen-bond acceptors (Lipinski definition) is 4. The summed E-state index contributed by atoms with van der Waals surface area (Å²) in [6, 6.07) is 10.6. The summed E-state index contributed by atoms with van der Waals surface area (Å²) < 4.78 is 0. The van der Waals surface area contributed by atoms with Crippen molar-refractivity contribution >= 4 is 17.3 Å². The molecule has 0 spiro atoms. The normalized spacial score (nSPS) is 13.7. The molecule has 0 radical (unpaired) electrons. The van der Waals surface area contributed by atoms with Crippen LogP contribution in [0.25, 0.3) is 0 Å². The average molecular weight is 268 g/mol. The van der Waals surface area contributed by atoms with Crippen molar-refractivity contribution in [2.24, 2.45) is 0 Å². The Balaban J connectivity index is 2.05. The van der Waals surface area contributed by atoms with Gasteiger partial charge in [0.2, 0.25) is 0 Å². The van der Waals surface area contributed by atoms with Gasteiger partial charge in [-0.15, -0.1) is 0 Å². The van der Waals surface area contributed by atoms with Crippen molar-refractivity contribution in [1.29, 1.82) is 0 Å². The summed E-state index contributed by atoms with van der Waals surface area (Å²) in [5.41, 5.74) is 2.66. The van der Waals surface area contributed by atoms with Crippen LogP contribution in [0.3, 0.4) is 0 Å². The maximum atomic E-state index is 4.74. The Hall–Kier alpha value is -2.10. The molecule has 0 fully saturated rings. The minimum absolute atomic E-state index is 0.319. The third kappa shape index (κ3) is 2.22. The predicted octanol–water partition coefficient (Wildman–Crippen LogP) is 3.34. The highest BCUT2D eigenvalue weighted by atomic mass is 15.2. The van der Waals surface area contributed by atoms with Crippen LogP contribution in [0.1, 0.15) is 31.2 Å². The number of nitrogens with one attached hydrogen (secondary N) is 1. The quantitative estimate of drug-likeness (QED) is 0.927. The van der Waals surface area contributed by atoms with Gasteiger partial charge in [0, 0.05) is 31.3 Å². The van der Waals surface area contributed by atoms with Gasteiger partial charge in [0.05, 0.1) is 0 Å². The van der Waals surface area contributed by atoms with E-state index in [0.717, 1.165) is 30.4 Å². The number of benzene rings is 1. The topological polar surface area (TPSA) is 41.0 Å². The first-order valence-electron chi connectivity index (χ1n) is 7.11. The number of para-hydroxylation sites is 1. The Morgan fingerprint density at radius 1 is 1.20 bits per heavy atom. The fourth-order valence-electron chi connectivity index (χ4n) is 2.55. The van der Waals surface area contributed by atoms with E-state index in [-0.39, 0.29) is 0 Å². The van der Waals surface area contributed by atoms with E-state index in [2.05, 4.69) is 53.3 Å². The van der Waals surface area contributed by atoms with Crippen LogP contribution >= 0.6 is 0 Å². The van der Waals surface area contributed by atoms with Crippen LogP contribution in [0.2, 0.25) is 0 Å². The SMILES string of the molecule is CNc1cc(N2CCc3ccccc32)nc(C(C)C)n1. The van der Waals surface area contributed by atoms with E-state index in [1.165, 1.54) is 11.3 Å². The Morgan fingerprint density at radius 3 is 2.75 bits per heavy atom. The molecule has 4 heteroatoms. The standard InChI is InChI=1S/C16H20N4/c1-11(2)16-18-14(17-3)10-15(19-16)20-9-8-12-6-4-5-7-13(12)20/h4-7,10-11H,8-9H2,1-3H3,(H,17,18,19). The zero-order valence-electron chi connectivity index (χ0n) is 12.2. The highest BCUT2D eigenvalue weighted by Crippen LogP contribution is 2.34. The molecule has 20 heavy (non-hydrogen) atoms. The van der Waals surface area contributed by atoms with Gasteiger partial charge in [-0.2, -0.15) is 0 Å². The minimum Gasteiger partial charge on any atom is -0.373 e.